The molecular weight excluding hydrogens is 206 g/mol. The van der Waals surface area contributed by atoms with Gasteiger partial charge in [-0.25, -0.2) is 0 Å². The average molecular weight is 221 g/mol. The highest BCUT2D eigenvalue weighted by atomic mass is 16.5. The number of carbonyl (C=O) groups excluding carboxylic acids is 2. The Morgan fingerprint density at radius 3 is 2.50 bits per heavy atom. The number of benzene rings is 1. The van der Waals surface area contributed by atoms with Crippen LogP contribution in [0.25, 0.3) is 0 Å². The number of hydrogen-bond acceptors (Lipinski definition) is 3. The quantitative estimate of drug-likeness (QED) is 0.782. The fourth-order valence-electron chi connectivity index (χ4n) is 1.23. The molecular formula is C12H15NO3. The molecule has 0 aromatic heterocycles. The summed E-state index contributed by atoms with van der Waals surface area (Å²) in [6.07, 6.45) is -0.303. The van der Waals surface area contributed by atoms with E-state index in [0.717, 1.165) is 5.56 Å². The largest absolute Gasteiger partial charge is 0.456 e. The molecule has 1 rings (SSSR count). The predicted octanol–water partition coefficient (Wildman–Crippen LogP) is 1.43. The van der Waals surface area contributed by atoms with Crippen LogP contribution in [0.4, 0.5) is 0 Å². The molecule has 0 fully saturated rings. The van der Waals surface area contributed by atoms with Crippen LogP contribution in [0.15, 0.2) is 30.3 Å². The molecule has 0 heterocycles. The molecule has 0 aliphatic heterocycles. The van der Waals surface area contributed by atoms with E-state index in [4.69, 9.17) is 4.74 Å². The summed E-state index contributed by atoms with van der Waals surface area (Å²) in [4.78, 5) is 21.9. The zero-order chi connectivity index (χ0) is 12.0. The monoisotopic (exact) mass is 221 g/mol. The Balaban J connectivity index is 2.43. The van der Waals surface area contributed by atoms with Crippen molar-refractivity contribution in [3.63, 3.8) is 0 Å². The van der Waals surface area contributed by atoms with Crippen LogP contribution in [0, 0.1) is 0 Å². The van der Waals surface area contributed by atoms with Gasteiger partial charge in [-0.2, -0.15) is 0 Å². The first-order chi connectivity index (χ1) is 7.59. The molecule has 1 N–H and O–H groups in total. The maximum atomic E-state index is 11.3. The van der Waals surface area contributed by atoms with E-state index in [1.54, 1.807) is 6.92 Å². The number of hydrogen-bond donors (Lipinski definition) is 1. The topological polar surface area (TPSA) is 55.4 Å². The van der Waals surface area contributed by atoms with Gasteiger partial charge in [-0.05, 0) is 12.5 Å². The molecule has 0 radical (unpaired) electrons. The smallest absolute Gasteiger partial charge is 0.326 e. The van der Waals surface area contributed by atoms with Crippen LogP contribution in [0.5, 0.6) is 0 Å². The minimum atomic E-state index is -0.438. The van der Waals surface area contributed by atoms with Crippen molar-refractivity contribution in [3.8, 4) is 0 Å². The number of rotatable bonds is 4. The highest BCUT2D eigenvalue weighted by molar-refractivity contribution is 5.80. The third kappa shape index (κ3) is 4.13. The maximum absolute atomic E-state index is 11.3. The molecule has 1 aromatic rings. The van der Waals surface area contributed by atoms with Gasteiger partial charge >= 0.3 is 5.97 Å². The number of nitrogens with one attached hydrogen (secondary N) is 1. The number of amides is 1. The molecule has 0 bridgehead atoms. The molecule has 1 atom stereocenters. The maximum Gasteiger partial charge on any atom is 0.326 e. The Morgan fingerprint density at radius 2 is 1.94 bits per heavy atom. The van der Waals surface area contributed by atoms with Crippen LogP contribution in [-0.4, -0.2) is 18.4 Å². The Morgan fingerprint density at radius 1 is 1.31 bits per heavy atom. The molecule has 0 spiro atoms. The van der Waals surface area contributed by atoms with Crippen LogP contribution < -0.4 is 5.32 Å². The first-order valence-electron chi connectivity index (χ1n) is 5.08. The summed E-state index contributed by atoms with van der Waals surface area (Å²) < 4.78 is 5.13. The SMILES string of the molecule is CC(=O)NCC(=O)O[C@H](C)c1ccccc1. The third-order valence-corrected chi connectivity index (χ3v) is 2.06. The van der Waals surface area contributed by atoms with E-state index in [9.17, 15) is 9.59 Å². The van der Waals surface area contributed by atoms with Crippen molar-refractivity contribution >= 4 is 11.9 Å². The van der Waals surface area contributed by atoms with Gasteiger partial charge in [0.05, 0.1) is 0 Å². The lowest BCUT2D eigenvalue weighted by molar-refractivity contribution is -0.148. The van der Waals surface area contributed by atoms with Gasteiger partial charge < -0.3 is 10.1 Å². The van der Waals surface area contributed by atoms with Crippen LogP contribution in [-0.2, 0) is 14.3 Å². The Hall–Kier alpha value is -1.84. The second-order valence-corrected chi connectivity index (χ2v) is 3.45. The fourth-order valence-corrected chi connectivity index (χ4v) is 1.23. The van der Waals surface area contributed by atoms with Gasteiger partial charge in [0.2, 0.25) is 5.91 Å². The summed E-state index contributed by atoms with van der Waals surface area (Å²) in [5, 5.41) is 2.39. The van der Waals surface area contributed by atoms with E-state index < -0.39 is 5.97 Å². The second kappa shape index (κ2) is 5.90. The normalized spacial score (nSPS) is 11.6. The van der Waals surface area contributed by atoms with Crippen LogP contribution in [0.1, 0.15) is 25.5 Å². The van der Waals surface area contributed by atoms with Crippen LogP contribution in [0.3, 0.4) is 0 Å². The molecule has 4 heteroatoms. The van der Waals surface area contributed by atoms with Gasteiger partial charge in [0.1, 0.15) is 12.6 Å². The van der Waals surface area contributed by atoms with E-state index in [2.05, 4.69) is 5.32 Å². The number of ether oxygens (including phenoxy) is 1. The van der Waals surface area contributed by atoms with Gasteiger partial charge in [0, 0.05) is 6.92 Å². The van der Waals surface area contributed by atoms with Gasteiger partial charge in [0.15, 0.2) is 0 Å². The Kier molecular flexibility index (Phi) is 4.51. The highest BCUT2D eigenvalue weighted by Crippen LogP contribution is 2.15. The molecule has 4 nitrogen and oxygen atoms in total. The first-order valence-corrected chi connectivity index (χ1v) is 5.08. The molecule has 0 aliphatic carbocycles. The molecule has 1 aromatic carbocycles. The number of esters is 1. The van der Waals surface area contributed by atoms with Crippen molar-refractivity contribution in [2.45, 2.75) is 20.0 Å². The zero-order valence-corrected chi connectivity index (χ0v) is 9.40. The highest BCUT2D eigenvalue weighted by Gasteiger charge is 2.11. The van der Waals surface area contributed by atoms with E-state index >= 15 is 0 Å². The summed E-state index contributed by atoms with van der Waals surface area (Å²) >= 11 is 0. The minimum absolute atomic E-state index is 0.0908. The van der Waals surface area contributed by atoms with Crippen molar-refractivity contribution in [2.75, 3.05) is 6.54 Å². The van der Waals surface area contributed by atoms with Crippen molar-refractivity contribution in [1.82, 2.24) is 5.32 Å². The summed E-state index contributed by atoms with van der Waals surface area (Å²) in [6, 6.07) is 9.43. The lowest BCUT2D eigenvalue weighted by atomic mass is 10.1. The van der Waals surface area contributed by atoms with E-state index in [1.807, 2.05) is 30.3 Å². The molecule has 0 saturated carbocycles. The average Bonchev–Trinajstić information content (AvgIpc) is 2.27. The van der Waals surface area contributed by atoms with Crippen molar-refractivity contribution in [3.05, 3.63) is 35.9 Å². The lowest BCUT2D eigenvalue weighted by Crippen LogP contribution is -2.29. The molecule has 0 saturated heterocycles. The first kappa shape index (κ1) is 12.2. The molecule has 0 aliphatic rings. The molecule has 16 heavy (non-hydrogen) atoms. The molecule has 0 unspecified atom stereocenters. The van der Waals surface area contributed by atoms with Crippen molar-refractivity contribution in [2.24, 2.45) is 0 Å². The number of carbonyl (C=O) groups is 2. The molecule has 1 amide bonds. The van der Waals surface area contributed by atoms with Crippen molar-refractivity contribution < 1.29 is 14.3 Å². The summed E-state index contributed by atoms with van der Waals surface area (Å²) in [5.41, 5.74) is 0.929. The zero-order valence-electron chi connectivity index (χ0n) is 9.40. The minimum Gasteiger partial charge on any atom is -0.456 e. The molecule has 86 valence electrons. The summed E-state index contributed by atoms with van der Waals surface area (Å²) in [7, 11) is 0. The third-order valence-electron chi connectivity index (χ3n) is 2.06. The van der Waals surface area contributed by atoms with Crippen LogP contribution in [0.2, 0.25) is 0 Å². The van der Waals surface area contributed by atoms with E-state index in [0.29, 0.717) is 0 Å². The van der Waals surface area contributed by atoms with Gasteiger partial charge in [0.25, 0.3) is 0 Å². The lowest BCUT2D eigenvalue weighted by Gasteiger charge is -2.13. The second-order valence-electron chi connectivity index (χ2n) is 3.45. The Labute approximate surface area is 94.6 Å². The van der Waals surface area contributed by atoms with Crippen LogP contribution >= 0.6 is 0 Å². The van der Waals surface area contributed by atoms with Gasteiger partial charge in [-0.1, -0.05) is 30.3 Å². The Bertz CT molecular complexity index is 362. The summed E-state index contributed by atoms with van der Waals surface area (Å²) in [6.45, 7) is 3.06. The predicted molar refractivity (Wildman–Crippen MR) is 59.6 cm³/mol. The van der Waals surface area contributed by atoms with E-state index in [1.165, 1.54) is 6.92 Å². The van der Waals surface area contributed by atoms with Crippen molar-refractivity contribution in [1.29, 1.82) is 0 Å². The standard InChI is InChI=1S/C12H15NO3/c1-9(11-6-4-3-5-7-11)16-12(15)8-13-10(2)14/h3-7,9H,8H2,1-2H3,(H,13,14)/t9-/m1/s1. The van der Waals surface area contributed by atoms with E-state index in [-0.39, 0.29) is 18.6 Å². The summed E-state index contributed by atoms with van der Waals surface area (Å²) in [5.74, 6) is -0.684. The van der Waals surface area contributed by atoms with Gasteiger partial charge in [-0.3, -0.25) is 9.59 Å². The van der Waals surface area contributed by atoms with Gasteiger partial charge in [-0.15, -0.1) is 0 Å². The fraction of sp³-hybridized carbons (Fsp3) is 0.333.